The first-order valence-electron chi connectivity index (χ1n) is 9.38. The molecule has 0 unspecified atom stereocenters. The Hall–Kier alpha value is -2.48. The number of carbonyl (C=O) groups excluding carboxylic acids is 1. The van der Waals surface area contributed by atoms with Crippen molar-refractivity contribution in [3.63, 3.8) is 0 Å². The summed E-state index contributed by atoms with van der Waals surface area (Å²) < 4.78 is 26.7. The Morgan fingerprint density at radius 3 is 2.48 bits per heavy atom. The van der Waals surface area contributed by atoms with E-state index in [0.29, 0.717) is 24.2 Å². The molecule has 1 aromatic heterocycles. The topological polar surface area (TPSA) is 79.4 Å². The zero-order chi connectivity index (χ0) is 20.4. The Balaban J connectivity index is 1.48. The number of carbonyl (C=O) groups is 1. The van der Waals surface area contributed by atoms with E-state index in [0.717, 1.165) is 23.8 Å². The maximum absolute atomic E-state index is 12.7. The number of pyridine rings is 1. The zero-order valence-corrected chi connectivity index (χ0v) is 17.2. The molecule has 2 aromatic carbocycles. The van der Waals surface area contributed by atoms with Crippen LogP contribution < -0.4 is 5.32 Å². The van der Waals surface area contributed by atoms with Crippen molar-refractivity contribution in [2.75, 3.05) is 13.1 Å². The molecule has 0 bridgehead atoms. The van der Waals surface area contributed by atoms with Crippen LogP contribution >= 0.6 is 11.6 Å². The van der Waals surface area contributed by atoms with Gasteiger partial charge in [0.15, 0.2) is 0 Å². The maximum Gasteiger partial charge on any atom is 0.252 e. The van der Waals surface area contributed by atoms with Gasteiger partial charge in [-0.05, 0) is 42.7 Å². The van der Waals surface area contributed by atoms with Crippen LogP contribution in [0.3, 0.4) is 0 Å². The van der Waals surface area contributed by atoms with Gasteiger partial charge in [-0.1, -0.05) is 41.9 Å². The van der Waals surface area contributed by atoms with Crippen molar-refractivity contribution in [1.82, 2.24) is 14.6 Å². The number of nitrogens with one attached hydrogen (secondary N) is 1. The summed E-state index contributed by atoms with van der Waals surface area (Å²) in [6, 6.07) is 15.5. The van der Waals surface area contributed by atoms with Crippen molar-refractivity contribution in [3.8, 4) is 0 Å². The van der Waals surface area contributed by atoms with E-state index >= 15 is 0 Å². The Morgan fingerprint density at radius 2 is 1.76 bits per heavy atom. The van der Waals surface area contributed by atoms with Gasteiger partial charge >= 0.3 is 0 Å². The highest BCUT2D eigenvalue weighted by Gasteiger charge is 2.26. The summed E-state index contributed by atoms with van der Waals surface area (Å²) in [6.07, 6.45) is 1.80. The largest absolute Gasteiger partial charge is 0.348 e. The second-order valence-corrected chi connectivity index (χ2v) is 9.27. The molecule has 1 N–H and O–H groups in total. The molecule has 2 heterocycles. The zero-order valence-electron chi connectivity index (χ0n) is 15.6. The number of hydrogen-bond donors (Lipinski definition) is 1. The molecule has 6 nitrogen and oxygen atoms in total. The van der Waals surface area contributed by atoms with Crippen LogP contribution in [0.1, 0.15) is 28.8 Å². The van der Waals surface area contributed by atoms with Crippen LogP contribution in [-0.4, -0.2) is 36.7 Å². The first-order chi connectivity index (χ1) is 13.9. The van der Waals surface area contributed by atoms with E-state index in [4.69, 9.17) is 11.6 Å². The molecule has 1 aliphatic rings. The average molecular weight is 430 g/mol. The number of aromatic nitrogens is 1. The summed E-state index contributed by atoms with van der Waals surface area (Å²) in [5, 5.41) is 3.84. The van der Waals surface area contributed by atoms with Crippen LogP contribution in [-0.2, 0) is 16.6 Å². The lowest BCUT2D eigenvalue weighted by Gasteiger charge is -2.15. The van der Waals surface area contributed by atoms with E-state index in [1.54, 1.807) is 36.4 Å². The molecule has 1 fully saturated rings. The number of benzene rings is 2. The second-order valence-electron chi connectivity index (χ2n) is 6.95. The van der Waals surface area contributed by atoms with Gasteiger partial charge in [0.25, 0.3) is 5.91 Å². The lowest BCUT2D eigenvalue weighted by atomic mass is 10.1. The van der Waals surface area contributed by atoms with E-state index in [1.165, 1.54) is 4.31 Å². The number of para-hydroxylation sites is 1. The molecule has 0 atom stereocenters. The van der Waals surface area contributed by atoms with Crippen LogP contribution in [0.15, 0.2) is 59.5 Å². The van der Waals surface area contributed by atoms with Crippen LogP contribution in [0, 0.1) is 0 Å². The third-order valence-corrected chi connectivity index (χ3v) is 7.12. The summed E-state index contributed by atoms with van der Waals surface area (Å²) in [5.74, 6) is -0.265. The van der Waals surface area contributed by atoms with Gasteiger partial charge in [0.05, 0.1) is 16.0 Å². The van der Waals surface area contributed by atoms with Gasteiger partial charge < -0.3 is 5.32 Å². The minimum Gasteiger partial charge on any atom is -0.348 e. The predicted molar refractivity (Wildman–Crippen MR) is 112 cm³/mol. The van der Waals surface area contributed by atoms with Gasteiger partial charge in [-0.15, -0.1) is 0 Å². The number of hydrogen-bond acceptors (Lipinski definition) is 4. The van der Waals surface area contributed by atoms with Crippen LogP contribution in [0.4, 0.5) is 0 Å². The number of rotatable bonds is 5. The van der Waals surface area contributed by atoms with Crippen molar-refractivity contribution in [2.24, 2.45) is 0 Å². The molecule has 3 aromatic rings. The van der Waals surface area contributed by atoms with Crippen molar-refractivity contribution in [3.05, 3.63) is 70.9 Å². The highest BCUT2D eigenvalue weighted by molar-refractivity contribution is 7.89. The molecule has 0 radical (unpaired) electrons. The van der Waals surface area contributed by atoms with Crippen LogP contribution in [0.25, 0.3) is 10.9 Å². The molecule has 1 saturated heterocycles. The fraction of sp³-hybridized carbons (Fsp3) is 0.238. The molecule has 1 amide bonds. The first-order valence-corrected chi connectivity index (χ1v) is 11.2. The standard InChI is InChI=1S/C21H20ClN3O3S/c22-20-13-18(17-5-1-2-6-19(17)24-20)21(26)23-14-15-7-9-16(10-8-15)29(27,28)25-11-3-4-12-25/h1-2,5-10,13H,3-4,11-12,14H2,(H,23,26). The molecule has 150 valence electrons. The lowest BCUT2D eigenvalue weighted by Crippen LogP contribution is -2.28. The van der Waals surface area contributed by atoms with Crippen molar-refractivity contribution in [1.29, 1.82) is 0 Å². The second kappa shape index (κ2) is 8.10. The van der Waals surface area contributed by atoms with Gasteiger partial charge in [0.1, 0.15) is 5.15 Å². The van der Waals surface area contributed by atoms with Gasteiger partial charge in [-0.25, -0.2) is 13.4 Å². The Labute approximate surface area is 174 Å². The van der Waals surface area contributed by atoms with Crippen molar-refractivity contribution in [2.45, 2.75) is 24.3 Å². The summed E-state index contributed by atoms with van der Waals surface area (Å²) in [5.41, 5.74) is 1.92. The van der Waals surface area contributed by atoms with Gasteiger partial charge in [-0.3, -0.25) is 4.79 Å². The van der Waals surface area contributed by atoms with Crippen molar-refractivity contribution >= 4 is 38.4 Å². The van der Waals surface area contributed by atoms with E-state index in [-0.39, 0.29) is 22.5 Å². The highest BCUT2D eigenvalue weighted by atomic mass is 35.5. The lowest BCUT2D eigenvalue weighted by molar-refractivity contribution is 0.0952. The molecule has 4 rings (SSSR count). The van der Waals surface area contributed by atoms with Crippen LogP contribution in [0.2, 0.25) is 5.15 Å². The summed E-state index contributed by atoms with van der Waals surface area (Å²) in [7, 11) is -3.43. The molecule has 8 heteroatoms. The quantitative estimate of drug-likeness (QED) is 0.628. The Bertz CT molecular complexity index is 1160. The van der Waals surface area contributed by atoms with E-state index in [1.807, 2.05) is 18.2 Å². The summed E-state index contributed by atoms with van der Waals surface area (Å²) >= 11 is 6.05. The summed E-state index contributed by atoms with van der Waals surface area (Å²) in [6.45, 7) is 1.42. The number of fused-ring (bicyclic) bond motifs is 1. The number of sulfonamides is 1. The molecular weight excluding hydrogens is 410 g/mol. The van der Waals surface area contributed by atoms with Gasteiger partial charge in [0.2, 0.25) is 10.0 Å². The number of amides is 1. The Kier molecular flexibility index (Phi) is 5.54. The molecular formula is C21H20ClN3O3S. The monoisotopic (exact) mass is 429 g/mol. The first kappa shape index (κ1) is 19.8. The molecule has 0 spiro atoms. The average Bonchev–Trinajstić information content (AvgIpc) is 3.27. The smallest absolute Gasteiger partial charge is 0.252 e. The van der Waals surface area contributed by atoms with E-state index in [9.17, 15) is 13.2 Å². The van der Waals surface area contributed by atoms with E-state index < -0.39 is 10.0 Å². The minimum absolute atomic E-state index is 0.255. The Morgan fingerprint density at radius 1 is 1.07 bits per heavy atom. The van der Waals surface area contributed by atoms with E-state index in [2.05, 4.69) is 10.3 Å². The summed E-state index contributed by atoms with van der Waals surface area (Å²) in [4.78, 5) is 17.2. The van der Waals surface area contributed by atoms with Gasteiger partial charge in [-0.2, -0.15) is 4.31 Å². The number of nitrogens with zero attached hydrogens (tertiary/aromatic N) is 2. The van der Waals surface area contributed by atoms with Crippen molar-refractivity contribution < 1.29 is 13.2 Å². The molecule has 0 saturated carbocycles. The third-order valence-electron chi connectivity index (χ3n) is 5.01. The minimum atomic E-state index is -3.43. The molecule has 1 aliphatic heterocycles. The van der Waals surface area contributed by atoms with Gasteiger partial charge in [0, 0.05) is 25.0 Å². The molecule has 0 aliphatic carbocycles. The highest BCUT2D eigenvalue weighted by Crippen LogP contribution is 2.22. The third kappa shape index (κ3) is 4.12. The normalized spacial score (nSPS) is 14.9. The predicted octanol–water partition coefficient (Wildman–Crippen LogP) is 3.60. The number of halogens is 1. The molecule has 29 heavy (non-hydrogen) atoms. The maximum atomic E-state index is 12.7. The fourth-order valence-corrected chi connectivity index (χ4v) is 5.18. The SMILES string of the molecule is O=C(NCc1ccc(S(=O)(=O)N2CCCC2)cc1)c1cc(Cl)nc2ccccc12. The fourth-order valence-electron chi connectivity index (χ4n) is 3.47. The van der Waals surface area contributed by atoms with Crippen LogP contribution in [0.5, 0.6) is 0 Å².